The summed E-state index contributed by atoms with van der Waals surface area (Å²) in [5.74, 6) is 0.598. The van der Waals surface area contributed by atoms with Gasteiger partial charge in [0.25, 0.3) is 5.69 Å². The minimum atomic E-state index is -0.443. The topological polar surface area (TPSA) is 68.3 Å². The Bertz CT molecular complexity index is 490. The minimum absolute atomic E-state index is 0.0366. The van der Waals surface area contributed by atoms with E-state index in [0.29, 0.717) is 11.5 Å². The Hall–Kier alpha value is -2.04. The molecule has 5 nitrogen and oxygen atoms in total. The van der Waals surface area contributed by atoms with E-state index in [4.69, 9.17) is 4.42 Å². The van der Waals surface area contributed by atoms with Crippen LogP contribution in [0.2, 0.25) is 0 Å². The summed E-state index contributed by atoms with van der Waals surface area (Å²) in [4.78, 5) is 10.0. The van der Waals surface area contributed by atoms with Crippen LogP contribution < -0.4 is 5.32 Å². The molecule has 0 saturated heterocycles. The molecule has 1 heterocycles. The van der Waals surface area contributed by atoms with Gasteiger partial charge in [-0.3, -0.25) is 10.1 Å². The molecule has 72 valence electrons. The van der Waals surface area contributed by atoms with Crippen LogP contribution in [0.5, 0.6) is 0 Å². The highest BCUT2D eigenvalue weighted by atomic mass is 16.6. The normalized spacial score (nSPS) is 10.4. The van der Waals surface area contributed by atoms with Crippen LogP contribution in [0.4, 0.5) is 11.6 Å². The van der Waals surface area contributed by atoms with Crippen molar-refractivity contribution in [3.8, 4) is 0 Å². The summed E-state index contributed by atoms with van der Waals surface area (Å²) in [6.07, 6.45) is 0. The number of rotatable bonds is 2. The predicted molar refractivity (Wildman–Crippen MR) is 52.4 cm³/mol. The van der Waals surface area contributed by atoms with E-state index in [9.17, 15) is 10.1 Å². The number of furan rings is 1. The van der Waals surface area contributed by atoms with Crippen LogP contribution >= 0.6 is 0 Å². The van der Waals surface area contributed by atoms with E-state index in [0.717, 1.165) is 5.39 Å². The Kier molecular flexibility index (Phi) is 1.85. The molecule has 2 aromatic rings. The van der Waals surface area contributed by atoms with E-state index in [1.54, 1.807) is 19.2 Å². The van der Waals surface area contributed by atoms with Gasteiger partial charge in [0.2, 0.25) is 0 Å². The monoisotopic (exact) mass is 192 g/mol. The number of hydrogen-bond donors (Lipinski definition) is 1. The Morgan fingerprint density at radius 3 is 2.86 bits per heavy atom. The Morgan fingerprint density at radius 1 is 1.43 bits per heavy atom. The summed E-state index contributed by atoms with van der Waals surface area (Å²) in [5, 5.41) is 14.1. The van der Waals surface area contributed by atoms with Crippen LogP contribution in [0.3, 0.4) is 0 Å². The maximum absolute atomic E-state index is 10.5. The van der Waals surface area contributed by atoms with E-state index in [2.05, 4.69) is 5.32 Å². The maximum Gasteiger partial charge on any atom is 0.273 e. The molecule has 0 fully saturated rings. The van der Waals surface area contributed by atoms with Gasteiger partial charge in [0, 0.05) is 24.6 Å². The lowest BCUT2D eigenvalue weighted by Crippen LogP contribution is -1.85. The molecule has 0 unspecified atom stereocenters. The second kappa shape index (κ2) is 3.02. The predicted octanol–water partition coefficient (Wildman–Crippen LogP) is 2.38. The molecule has 1 aromatic carbocycles. The zero-order chi connectivity index (χ0) is 10.1. The lowest BCUT2D eigenvalue weighted by Gasteiger charge is -1.90. The van der Waals surface area contributed by atoms with Crippen LogP contribution in [0.1, 0.15) is 0 Å². The quantitative estimate of drug-likeness (QED) is 0.585. The number of nitrogens with zero attached hydrogens (tertiary/aromatic N) is 1. The van der Waals surface area contributed by atoms with Crippen molar-refractivity contribution < 1.29 is 9.34 Å². The summed E-state index contributed by atoms with van der Waals surface area (Å²) in [5.41, 5.74) is 0.554. The average Bonchev–Trinajstić information content (AvgIpc) is 2.58. The molecule has 1 aromatic heterocycles. The lowest BCUT2D eigenvalue weighted by atomic mass is 10.2. The molecule has 5 heteroatoms. The molecule has 0 aliphatic heterocycles. The van der Waals surface area contributed by atoms with E-state index < -0.39 is 4.92 Å². The molecule has 1 N–H and O–H groups in total. The van der Waals surface area contributed by atoms with Gasteiger partial charge in [-0.15, -0.1) is 0 Å². The third-order valence-corrected chi connectivity index (χ3v) is 1.96. The summed E-state index contributed by atoms with van der Waals surface area (Å²) in [6, 6.07) is 6.32. The molecule has 0 spiro atoms. The number of fused-ring (bicyclic) bond motifs is 1. The number of nitro benzene ring substituents is 1. The van der Waals surface area contributed by atoms with Gasteiger partial charge in [-0.1, -0.05) is 0 Å². The number of non-ortho nitro benzene ring substituents is 1. The number of benzene rings is 1. The van der Waals surface area contributed by atoms with Crippen molar-refractivity contribution in [3.63, 3.8) is 0 Å². The molecule has 0 bridgehead atoms. The van der Waals surface area contributed by atoms with Crippen molar-refractivity contribution in [1.82, 2.24) is 0 Å². The largest absolute Gasteiger partial charge is 0.441 e. The fraction of sp³-hybridized carbons (Fsp3) is 0.111. The number of nitrogens with one attached hydrogen (secondary N) is 1. The molecule has 2 rings (SSSR count). The van der Waals surface area contributed by atoms with Gasteiger partial charge in [0.1, 0.15) is 5.58 Å². The van der Waals surface area contributed by atoms with Crippen molar-refractivity contribution in [2.24, 2.45) is 0 Å². The summed E-state index contributed by atoms with van der Waals surface area (Å²) >= 11 is 0. The van der Waals surface area contributed by atoms with E-state index in [1.165, 1.54) is 12.1 Å². The van der Waals surface area contributed by atoms with Crippen molar-refractivity contribution in [2.45, 2.75) is 0 Å². The van der Waals surface area contributed by atoms with E-state index >= 15 is 0 Å². The van der Waals surface area contributed by atoms with Crippen molar-refractivity contribution in [3.05, 3.63) is 34.4 Å². The molecule has 0 aliphatic rings. The fourth-order valence-corrected chi connectivity index (χ4v) is 1.26. The Labute approximate surface area is 79.5 Å². The van der Waals surface area contributed by atoms with Gasteiger partial charge in [-0.05, 0) is 6.07 Å². The van der Waals surface area contributed by atoms with E-state index in [1.807, 2.05) is 0 Å². The molecular formula is C9H8N2O3. The first-order valence-corrected chi connectivity index (χ1v) is 4.06. The van der Waals surface area contributed by atoms with Crippen LogP contribution in [-0.4, -0.2) is 12.0 Å². The first-order valence-electron chi connectivity index (χ1n) is 4.06. The highest BCUT2D eigenvalue weighted by Crippen LogP contribution is 2.26. The third kappa shape index (κ3) is 1.28. The van der Waals surface area contributed by atoms with Crippen molar-refractivity contribution >= 4 is 22.5 Å². The van der Waals surface area contributed by atoms with Crippen molar-refractivity contribution in [1.29, 1.82) is 0 Å². The van der Waals surface area contributed by atoms with Crippen LogP contribution in [-0.2, 0) is 0 Å². The SMILES string of the molecule is CNc1cc2ccc([N+](=O)[O-])cc2o1. The van der Waals surface area contributed by atoms with Gasteiger partial charge in [0.15, 0.2) is 5.88 Å². The van der Waals surface area contributed by atoms with Crippen molar-refractivity contribution in [2.75, 3.05) is 12.4 Å². The second-order valence-corrected chi connectivity index (χ2v) is 2.84. The molecular weight excluding hydrogens is 184 g/mol. The highest BCUT2D eigenvalue weighted by Gasteiger charge is 2.09. The first kappa shape index (κ1) is 8.55. The molecule has 14 heavy (non-hydrogen) atoms. The van der Waals surface area contributed by atoms with Gasteiger partial charge in [-0.25, -0.2) is 0 Å². The van der Waals surface area contributed by atoms with E-state index in [-0.39, 0.29) is 5.69 Å². The zero-order valence-corrected chi connectivity index (χ0v) is 7.48. The molecule has 0 saturated carbocycles. The zero-order valence-electron chi connectivity index (χ0n) is 7.48. The van der Waals surface area contributed by atoms with Gasteiger partial charge >= 0.3 is 0 Å². The first-order chi connectivity index (χ1) is 6.70. The standard InChI is InChI=1S/C9H8N2O3/c1-10-9-4-6-2-3-7(11(12)13)5-8(6)14-9/h2-5,10H,1H3. The second-order valence-electron chi connectivity index (χ2n) is 2.84. The summed E-state index contributed by atoms with van der Waals surface area (Å²) in [7, 11) is 1.73. The van der Waals surface area contributed by atoms with Crippen LogP contribution in [0, 0.1) is 10.1 Å². The third-order valence-electron chi connectivity index (χ3n) is 1.96. The molecule has 0 amide bonds. The summed E-state index contributed by atoms with van der Waals surface area (Å²) in [6.45, 7) is 0. The summed E-state index contributed by atoms with van der Waals surface area (Å²) < 4.78 is 5.29. The van der Waals surface area contributed by atoms with Gasteiger partial charge in [0.05, 0.1) is 11.0 Å². The molecule has 0 aliphatic carbocycles. The average molecular weight is 192 g/mol. The minimum Gasteiger partial charge on any atom is -0.441 e. The van der Waals surface area contributed by atoms with Crippen LogP contribution in [0.25, 0.3) is 11.0 Å². The number of nitro groups is 1. The smallest absolute Gasteiger partial charge is 0.273 e. The maximum atomic E-state index is 10.5. The molecule has 0 radical (unpaired) electrons. The number of anilines is 1. The number of hydrogen-bond acceptors (Lipinski definition) is 4. The lowest BCUT2D eigenvalue weighted by molar-refractivity contribution is -0.384. The highest BCUT2D eigenvalue weighted by molar-refractivity contribution is 5.82. The Balaban J connectivity index is 2.59. The molecule has 0 atom stereocenters. The van der Waals surface area contributed by atoms with Crippen LogP contribution in [0.15, 0.2) is 28.7 Å². The Morgan fingerprint density at radius 2 is 2.21 bits per heavy atom. The van der Waals surface area contributed by atoms with Gasteiger partial charge in [-0.2, -0.15) is 0 Å². The van der Waals surface area contributed by atoms with Gasteiger partial charge < -0.3 is 9.73 Å². The fourth-order valence-electron chi connectivity index (χ4n) is 1.26.